The Bertz CT molecular complexity index is 539. The first kappa shape index (κ1) is 15.4. The van der Waals surface area contributed by atoms with E-state index >= 15 is 0 Å². The lowest BCUT2D eigenvalue weighted by Crippen LogP contribution is -2.06. The van der Waals surface area contributed by atoms with E-state index in [1.807, 2.05) is 6.07 Å². The molecule has 0 fully saturated rings. The smallest absolute Gasteiger partial charge is 0.303 e. The highest BCUT2D eigenvalue weighted by atomic mass is 16.6. The van der Waals surface area contributed by atoms with Gasteiger partial charge >= 0.3 is 5.97 Å². The summed E-state index contributed by atoms with van der Waals surface area (Å²) in [6, 6.07) is 3.02. The van der Waals surface area contributed by atoms with Crippen molar-refractivity contribution in [1.82, 2.24) is 4.98 Å². The summed E-state index contributed by atoms with van der Waals surface area (Å²) < 4.78 is 0. The van der Waals surface area contributed by atoms with Crippen LogP contribution in [0.4, 0.5) is 11.5 Å². The summed E-state index contributed by atoms with van der Waals surface area (Å²) in [5, 5.41) is 30.8. The Labute approximate surface area is 115 Å². The fraction of sp³-hybridized carbons (Fsp3) is 0.417. The Kier molecular flexibility index (Phi) is 5.90. The first-order valence-corrected chi connectivity index (χ1v) is 6.05. The van der Waals surface area contributed by atoms with Gasteiger partial charge in [0.1, 0.15) is 23.6 Å². The van der Waals surface area contributed by atoms with Crippen LogP contribution < -0.4 is 5.32 Å². The maximum Gasteiger partial charge on any atom is 0.303 e. The van der Waals surface area contributed by atoms with Crippen LogP contribution in [0.1, 0.15) is 31.2 Å². The van der Waals surface area contributed by atoms with Crippen LogP contribution in [-0.2, 0) is 4.79 Å². The zero-order chi connectivity index (χ0) is 15.0. The minimum absolute atomic E-state index is 0.115. The Morgan fingerprint density at radius 2 is 2.25 bits per heavy atom. The highest BCUT2D eigenvalue weighted by Crippen LogP contribution is 2.18. The Hall–Kier alpha value is -2.69. The number of unbranched alkanes of at least 4 members (excludes halogenated alkanes) is 2. The molecule has 0 saturated heterocycles. The number of pyridine rings is 1. The van der Waals surface area contributed by atoms with Crippen LogP contribution >= 0.6 is 0 Å². The molecule has 8 heteroatoms. The number of nitrogens with zero attached hydrogens (tertiary/aromatic N) is 3. The van der Waals surface area contributed by atoms with Crippen LogP contribution in [0.5, 0.6) is 0 Å². The number of carboxylic acids is 1. The number of carbonyl (C=O) groups is 1. The zero-order valence-electron chi connectivity index (χ0n) is 10.7. The topological polar surface area (TPSA) is 129 Å². The van der Waals surface area contributed by atoms with Crippen LogP contribution in [-0.4, -0.2) is 27.5 Å². The lowest BCUT2D eigenvalue weighted by molar-refractivity contribution is -0.385. The van der Waals surface area contributed by atoms with E-state index < -0.39 is 10.9 Å². The summed E-state index contributed by atoms with van der Waals surface area (Å²) in [6.45, 7) is 0.527. The molecule has 0 radical (unpaired) electrons. The molecule has 0 saturated carbocycles. The molecule has 0 amide bonds. The highest BCUT2D eigenvalue weighted by Gasteiger charge is 2.11. The van der Waals surface area contributed by atoms with Crippen molar-refractivity contribution in [2.75, 3.05) is 11.9 Å². The molecule has 2 N–H and O–H groups in total. The molecular formula is C12H14N4O4. The normalized spacial score (nSPS) is 9.75. The number of hydrogen-bond donors (Lipinski definition) is 2. The predicted octanol–water partition coefficient (Wildman–Crippen LogP) is 1.92. The number of rotatable bonds is 8. The molecule has 0 unspecified atom stereocenters. The quantitative estimate of drug-likeness (QED) is 0.422. The maximum atomic E-state index is 10.6. The van der Waals surface area contributed by atoms with Gasteiger partial charge < -0.3 is 10.4 Å². The molecule has 0 spiro atoms. The molecule has 0 aromatic carbocycles. The minimum Gasteiger partial charge on any atom is -0.481 e. The Balaban J connectivity index is 2.46. The van der Waals surface area contributed by atoms with E-state index in [1.165, 1.54) is 6.07 Å². The van der Waals surface area contributed by atoms with E-state index in [0.717, 1.165) is 19.0 Å². The molecule has 1 rings (SSSR count). The predicted molar refractivity (Wildman–Crippen MR) is 70.2 cm³/mol. The van der Waals surface area contributed by atoms with Gasteiger partial charge in [0.25, 0.3) is 5.69 Å². The van der Waals surface area contributed by atoms with Gasteiger partial charge in [-0.2, -0.15) is 5.26 Å². The van der Waals surface area contributed by atoms with Crippen molar-refractivity contribution >= 4 is 17.5 Å². The average Bonchev–Trinajstić information content (AvgIpc) is 2.42. The fourth-order valence-corrected chi connectivity index (χ4v) is 1.56. The van der Waals surface area contributed by atoms with Gasteiger partial charge in [0.2, 0.25) is 0 Å². The molecule has 0 atom stereocenters. The molecule has 106 valence electrons. The van der Waals surface area contributed by atoms with E-state index in [9.17, 15) is 14.9 Å². The van der Waals surface area contributed by atoms with Crippen molar-refractivity contribution in [2.45, 2.75) is 25.7 Å². The average molecular weight is 278 g/mol. The number of aromatic nitrogens is 1. The number of aliphatic carboxylic acids is 1. The van der Waals surface area contributed by atoms with Crippen molar-refractivity contribution in [3.63, 3.8) is 0 Å². The van der Waals surface area contributed by atoms with Crippen LogP contribution in [0.25, 0.3) is 0 Å². The van der Waals surface area contributed by atoms with E-state index in [4.69, 9.17) is 10.4 Å². The second-order valence-corrected chi connectivity index (χ2v) is 4.09. The summed E-state index contributed by atoms with van der Waals surface area (Å²) in [6.07, 6.45) is 3.30. The van der Waals surface area contributed by atoms with Crippen LogP contribution in [0.2, 0.25) is 0 Å². The zero-order valence-corrected chi connectivity index (χ0v) is 10.7. The molecule has 0 bridgehead atoms. The first-order valence-electron chi connectivity index (χ1n) is 6.05. The van der Waals surface area contributed by atoms with Gasteiger partial charge in [-0.3, -0.25) is 14.9 Å². The Morgan fingerprint density at radius 1 is 1.50 bits per heavy atom. The molecule has 1 aromatic rings. The fourth-order valence-electron chi connectivity index (χ4n) is 1.56. The third kappa shape index (κ3) is 4.89. The second kappa shape index (κ2) is 7.68. The molecule has 0 aliphatic heterocycles. The number of hydrogen-bond acceptors (Lipinski definition) is 6. The summed E-state index contributed by atoms with van der Waals surface area (Å²) in [5.41, 5.74) is -0.113. The van der Waals surface area contributed by atoms with Gasteiger partial charge in [0, 0.05) is 19.0 Å². The molecule has 1 heterocycles. The van der Waals surface area contributed by atoms with E-state index in [2.05, 4.69) is 10.3 Å². The van der Waals surface area contributed by atoms with Crippen molar-refractivity contribution in [1.29, 1.82) is 5.26 Å². The second-order valence-electron chi connectivity index (χ2n) is 4.09. The van der Waals surface area contributed by atoms with E-state index in [-0.39, 0.29) is 17.7 Å². The number of carboxylic acid groups (broad SMARTS) is 1. The maximum absolute atomic E-state index is 10.6. The van der Waals surface area contributed by atoms with Crippen LogP contribution in [0.3, 0.4) is 0 Å². The standard InChI is InChI=1S/C12H14N4O4/c13-7-9-6-10(16(19)20)8-15-12(9)14-5-3-1-2-4-11(17)18/h6,8H,1-5H2,(H,14,15)(H,17,18). The summed E-state index contributed by atoms with van der Waals surface area (Å²) >= 11 is 0. The third-order valence-electron chi connectivity index (χ3n) is 2.56. The van der Waals surface area contributed by atoms with Crippen molar-refractivity contribution in [3.8, 4) is 6.07 Å². The van der Waals surface area contributed by atoms with Gasteiger partial charge in [-0.15, -0.1) is 0 Å². The van der Waals surface area contributed by atoms with Gasteiger partial charge in [0.05, 0.1) is 4.92 Å². The lowest BCUT2D eigenvalue weighted by Gasteiger charge is -2.06. The molecule has 20 heavy (non-hydrogen) atoms. The molecule has 8 nitrogen and oxygen atoms in total. The molecule has 0 aliphatic carbocycles. The summed E-state index contributed by atoms with van der Waals surface area (Å²) in [5.74, 6) is -0.516. The number of anilines is 1. The summed E-state index contributed by atoms with van der Waals surface area (Å²) in [7, 11) is 0. The molecular weight excluding hydrogens is 264 g/mol. The van der Waals surface area contributed by atoms with E-state index in [1.54, 1.807) is 0 Å². The number of nitriles is 1. The van der Waals surface area contributed by atoms with Crippen molar-refractivity contribution in [3.05, 3.63) is 27.9 Å². The first-order chi connectivity index (χ1) is 9.54. The van der Waals surface area contributed by atoms with Crippen molar-refractivity contribution in [2.24, 2.45) is 0 Å². The molecule has 0 aliphatic rings. The van der Waals surface area contributed by atoms with Gasteiger partial charge in [-0.1, -0.05) is 6.42 Å². The minimum atomic E-state index is -0.818. The van der Waals surface area contributed by atoms with Gasteiger partial charge in [-0.05, 0) is 12.8 Å². The van der Waals surface area contributed by atoms with Crippen molar-refractivity contribution < 1.29 is 14.8 Å². The lowest BCUT2D eigenvalue weighted by atomic mass is 10.2. The van der Waals surface area contributed by atoms with Gasteiger partial charge in [0.15, 0.2) is 0 Å². The third-order valence-corrected chi connectivity index (χ3v) is 2.56. The highest BCUT2D eigenvalue weighted by molar-refractivity contribution is 5.66. The van der Waals surface area contributed by atoms with Crippen LogP contribution in [0, 0.1) is 21.4 Å². The van der Waals surface area contributed by atoms with E-state index in [0.29, 0.717) is 18.8 Å². The number of nitrogens with one attached hydrogen (secondary N) is 1. The van der Waals surface area contributed by atoms with Crippen LogP contribution in [0.15, 0.2) is 12.3 Å². The Morgan fingerprint density at radius 3 is 2.85 bits per heavy atom. The number of nitro groups is 1. The molecule has 1 aromatic heterocycles. The SMILES string of the molecule is N#Cc1cc([N+](=O)[O-])cnc1NCCCCCC(=O)O. The monoisotopic (exact) mass is 278 g/mol. The van der Waals surface area contributed by atoms with Gasteiger partial charge in [-0.25, -0.2) is 4.98 Å². The summed E-state index contributed by atoms with van der Waals surface area (Å²) in [4.78, 5) is 24.1. The largest absolute Gasteiger partial charge is 0.481 e.